The molecule has 1 fully saturated rings. The molecule has 10 heteroatoms. The van der Waals surface area contributed by atoms with Gasteiger partial charge in [0, 0.05) is 25.8 Å². The molecule has 32 heavy (non-hydrogen) atoms. The van der Waals surface area contributed by atoms with Crippen molar-refractivity contribution >= 4 is 17.8 Å². The number of hydrogen-bond donors (Lipinski definition) is 1. The SMILES string of the molecule is CCCO[C@@H]1CCCC[C@H](NC(=O)c2nccc(OC)c2OCOC(C)=O)C(=O)O[C@H]1C. The van der Waals surface area contributed by atoms with Crippen molar-refractivity contribution in [3.63, 3.8) is 0 Å². The zero-order valence-electron chi connectivity index (χ0n) is 19.0. The number of aromatic nitrogens is 1. The van der Waals surface area contributed by atoms with Crippen LogP contribution in [0.2, 0.25) is 0 Å². The summed E-state index contributed by atoms with van der Waals surface area (Å²) in [6.45, 7) is 5.24. The number of ether oxygens (including phenoxy) is 5. The highest BCUT2D eigenvalue weighted by molar-refractivity contribution is 5.98. The Balaban J connectivity index is 2.13. The fourth-order valence-corrected chi connectivity index (χ4v) is 3.30. The third kappa shape index (κ3) is 7.37. The Bertz CT molecular complexity index is 785. The van der Waals surface area contributed by atoms with Gasteiger partial charge < -0.3 is 29.0 Å². The van der Waals surface area contributed by atoms with Crippen LogP contribution in [0.4, 0.5) is 0 Å². The molecule has 1 amide bonds. The van der Waals surface area contributed by atoms with E-state index in [0.29, 0.717) is 13.0 Å². The second-order valence-electron chi connectivity index (χ2n) is 7.45. The van der Waals surface area contributed by atoms with Crippen molar-refractivity contribution in [1.29, 1.82) is 0 Å². The molecule has 0 unspecified atom stereocenters. The van der Waals surface area contributed by atoms with E-state index in [1.54, 1.807) is 6.92 Å². The van der Waals surface area contributed by atoms with Crippen LogP contribution in [0, 0.1) is 0 Å². The van der Waals surface area contributed by atoms with E-state index in [4.69, 9.17) is 23.7 Å². The van der Waals surface area contributed by atoms with Crippen molar-refractivity contribution in [3.05, 3.63) is 18.0 Å². The quantitative estimate of drug-likeness (QED) is 0.444. The molecule has 2 heterocycles. The Morgan fingerprint density at radius 3 is 2.72 bits per heavy atom. The highest BCUT2D eigenvalue weighted by Crippen LogP contribution is 2.30. The Labute approximate surface area is 187 Å². The fourth-order valence-electron chi connectivity index (χ4n) is 3.30. The molecule has 0 aliphatic carbocycles. The first-order chi connectivity index (χ1) is 15.4. The maximum absolute atomic E-state index is 13.0. The first-order valence-electron chi connectivity index (χ1n) is 10.8. The number of nitrogens with zero attached hydrogens (tertiary/aromatic N) is 1. The summed E-state index contributed by atoms with van der Waals surface area (Å²) in [5.41, 5.74) is -0.0959. The summed E-state index contributed by atoms with van der Waals surface area (Å²) in [4.78, 5) is 40.8. The van der Waals surface area contributed by atoms with Gasteiger partial charge in [0.25, 0.3) is 5.91 Å². The molecule has 2 rings (SSSR count). The first kappa shape index (κ1) is 25.4. The number of cyclic esters (lactones) is 1. The van der Waals surface area contributed by atoms with E-state index in [1.807, 2.05) is 6.92 Å². The number of carbonyl (C=O) groups is 3. The molecule has 3 atom stereocenters. The number of rotatable bonds is 9. The van der Waals surface area contributed by atoms with Gasteiger partial charge in [0.15, 0.2) is 17.2 Å². The minimum absolute atomic E-state index is 0.00609. The molecule has 0 radical (unpaired) electrons. The summed E-state index contributed by atoms with van der Waals surface area (Å²) < 4.78 is 26.8. The zero-order chi connectivity index (χ0) is 23.5. The van der Waals surface area contributed by atoms with Crippen molar-refractivity contribution < 1.29 is 38.1 Å². The average molecular weight is 453 g/mol. The standard InChI is InChI=1S/C22H32N2O8/c1-5-12-29-17-9-7-6-8-16(22(27)32-14(17)2)24-21(26)19-20(31-13-30-15(3)25)18(28-4)10-11-23-19/h10-11,14,16-17H,5-9,12-13H2,1-4H3,(H,24,26)/t14-,16-,17+/m0/s1. The number of methoxy groups -OCH3 is 1. The van der Waals surface area contributed by atoms with Crippen molar-refractivity contribution in [2.24, 2.45) is 0 Å². The predicted molar refractivity (Wildman–Crippen MR) is 113 cm³/mol. The first-order valence-corrected chi connectivity index (χ1v) is 10.8. The highest BCUT2D eigenvalue weighted by atomic mass is 16.7. The van der Waals surface area contributed by atoms with Crippen molar-refractivity contribution in [2.45, 2.75) is 71.1 Å². The molecule has 0 aromatic carbocycles. The van der Waals surface area contributed by atoms with Gasteiger partial charge in [-0.15, -0.1) is 0 Å². The number of amides is 1. The summed E-state index contributed by atoms with van der Waals surface area (Å²) in [6, 6.07) is 0.663. The summed E-state index contributed by atoms with van der Waals surface area (Å²) in [7, 11) is 1.41. The molecule has 1 aromatic rings. The van der Waals surface area contributed by atoms with Crippen LogP contribution in [0.3, 0.4) is 0 Å². The van der Waals surface area contributed by atoms with Gasteiger partial charge in [0.1, 0.15) is 12.1 Å². The van der Waals surface area contributed by atoms with Crippen LogP contribution < -0.4 is 14.8 Å². The zero-order valence-corrected chi connectivity index (χ0v) is 19.0. The smallest absolute Gasteiger partial charge is 0.329 e. The van der Waals surface area contributed by atoms with Crippen molar-refractivity contribution in [3.8, 4) is 11.5 Å². The van der Waals surface area contributed by atoms with E-state index in [1.165, 1.54) is 26.3 Å². The van der Waals surface area contributed by atoms with Crippen molar-refractivity contribution in [1.82, 2.24) is 10.3 Å². The van der Waals surface area contributed by atoms with Gasteiger partial charge in [0.2, 0.25) is 6.79 Å². The Morgan fingerprint density at radius 1 is 1.28 bits per heavy atom. The molecule has 0 bridgehead atoms. The third-order valence-corrected chi connectivity index (χ3v) is 4.95. The van der Waals surface area contributed by atoms with Crippen LogP contribution in [0.15, 0.2) is 12.3 Å². The number of hydrogen-bond acceptors (Lipinski definition) is 9. The molecule has 178 valence electrons. The van der Waals surface area contributed by atoms with E-state index >= 15 is 0 Å². The molecule has 1 N–H and O–H groups in total. The Morgan fingerprint density at radius 2 is 2.03 bits per heavy atom. The lowest BCUT2D eigenvalue weighted by atomic mass is 10.0. The van der Waals surface area contributed by atoms with Crippen LogP contribution in [0.5, 0.6) is 11.5 Å². The number of esters is 2. The van der Waals surface area contributed by atoms with Gasteiger partial charge in [-0.1, -0.05) is 19.8 Å². The summed E-state index contributed by atoms with van der Waals surface area (Å²) in [5, 5.41) is 2.69. The molecule has 0 spiro atoms. The van der Waals surface area contributed by atoms with Gasteiger partial charge in [0.05, 0.1) is 13.2 Å². The van der Waals surface area contributed by atoms with E-state index in [0.717, 1.165) is 25.7 Å². The van der Waals surface area contributed by atoms with E-state index in [-0.39, 0.29) is 23.3 Å². The topological polar surface area (TPSA) is 122 Å². The number of nitrogens with one attached hydrogen (secondary N) is 1. The van der Waals surface area contributed by atoms with Crippen molar-refractivity contribution in [2.75, 3.05) is 20.5 Å². The highest BCUT2D eigenvalue weighted by Gasteiger charge is 2.31. The molecule has 1 saturated heterocycles. The molecule has 1 aromatic heterocycles. The van der Waals surface area contributed by atoms with E-state index < -0.39 is 36.8 Å². The maximum Gasteiger partial charge on any atom is 0.329 e. The second-order valence-corrected chi connectivity index (χ2v) is 7.45. The van der Waals surface area contributed by atoms with Crippen LogP contribution >= 0.6 is 0 Å². The third-order valence-electron chi connectivity index (χ3n) is 4.95. The minimum Gasteiger partial charge on any atom is -0.493 e. The lowest BCUT2D eigenvalue weighted by Crippen LogP contribution is -2.44. The molecule has 0 saturated carbocycles. The van der Waals surface area contributed by atoms with E-state index in [9.17, 15) is 14.4 Å². The molecular weight excluding hydrogens is 420 g/mol. The molecule has 1 aliphatic heterocycles. The second kappa shape index (κ2) is 12.8. The van der Waals surface area contributed by atoms with Crippen LogP contribution in [0.1, 0.15) is 63.4 Å². The Kier molecular flexibility index (Phi) is 10.2. The van der Waals surface area contributed by atoms with Crippen LogP contribution in [0.25, 0.3) is 0 Å². The lowest BCUT2D eigenvalue weighted by Gasteiger charge is -2.24. The number of pyridine rings is 1. The largest absolute Gasteiger partial charge is 0.493 e. The van der Waals surface area contributed by atoms with Crippen LogP contribution in [-0.4, -0.2) is 61.6 Å². The fraction of sp³-hybridized carbons (Fsp3) is 0.636. The van der Waals surface area contributed by atoms with Gasteiger partial charge in [-0.3, -0.25) is 9.59 Å². The normalized spacial score (nSPS) is 21.4. The monoisotopic (exact) mass is 452 g/mol. The molecule has 1 aliphatic rings. The average Bonchev–Trinajstić information content (AvgIpc) is 2.82. The van der Waals surface area contributed by atoms with Gasteiger partial charge in [-0.05, 0) is 26.2 Å². The lowest BCUT2D eigenvalue weighted by molar-refractivity contribution is -0.158. The summed E-state index contributed by atoms with van der Waals surface area (Å²) in [6.07, 6.45) is 4.43. The Hall–Kier alpha value is -2.88. The van der Waals surface area contributed by atoms with Gasteiger partial charge >= 0.3 is 11.9 Å². The maximum atomic E-state index is 13.0. The predicted octanol–water partition coefficient (Wildman–Crippen LogP) is 2.39. The summed E-state index contributed by atoms with van der Waals surface area (Å²) >= 11 is 0. The van der Waals surface area contributed by atoms with E-state index in [2.05, 4.69) is 10.3 Å². The minimum atomic E-state index is -0.843. The molecule has 10 nitrogen and oxygen atoms in total. The van der Waals surface area contributed by atoms with Crippen LogP contribution in [-0.2, 0) is 23.8 Å². The number of carbonyl (C=O) groups excluding carboxylic acids is 3. The van der Waals surface area contributed by atoms with Gasteiger partial charge in [-0.2, -0.15) is 0 Å². The molecular formula is C22H32N2O8. The van der Waals surface area contributed by atoms with Gasteiger partial charge in [-0.25, -0.2) is 9.78 Å². The summed E-state index contributed by atoms with van der Waals surface area (Å²) in [5.74, 6) is -1.45.